The summed E-state index contributed by atoms with van der Waals surface area (Å²) in [5.74, 6) is 1.12. The summed E-state index contributed by atoms with van der Waals surface area (Å²) in [6.45, 7) is 3.73. The summed E-state index contributed by atoms with van der Waals surface area (Å²) in [7, 11) is 0. The summed E-state index contributed by atoms with van der Waals surface area (Å²) in [5, 5.41) is 13.3. The van der Waals surface area contributed by atoms with Gasteiger partial charge >= 0.3 is 0 Å². The second kappa shape index (κ2) is 9.32. The zero-order valence-corrected chi connectivity index (χ0v) is 11.4. The maximum absolute atomic E-state index is 8.83. The number of aliphatic hydroxyl groups is 1. The quantitative estimate of drug-likeness (QED) is 0.534. The molecule has 0 aromatic rings. The van der Waals surface area contributed by atoms with Crippen molar-refractivity contribution in [1.29, 1.82) is 0 Å². The fraction of sp³-hybridized carbons (Fsp3) is 1.00. The molecular formula is C13H27NOS. The van der Waals surface area contributed by atoms with Gasteiger partial charge in [-0.15, -0.1) is 0 Å². The fourth-order valence-electron chi connectivity index (χ4n) is 2.34. The Balaban J connectivity index is 2.32. The first kappa shape index (κ1) is 14.3. The molecule has 0 spiro atoms. The first-order valence-corrected chi connectivity index (χ1v) is 7.89. The molecule has 2 unspecified atom stereocenters. The van der Waals surface area contributed by atoms with Crippen molar-refractivity contribution in [1.82, 2.24) is 5.32 Å². The highest BCUT2D eigenvalue weighted by Crippen LogP contribution is 2.28. The van der Waals surface area contributed by atoms with Crippen molar-refractivity contribution in [3.05, 3.63) is 0 Å². The molecule has 3 heteroatoms. The van der Waals surface area contributed by atoms with Gasteiger partial charge < -0.3 is 10.4 Å². The van der Waals surface area contributed by atoms with Crippen molar-refractivity contribution in [2.75, 3.05) is 18.9 Å². The fourth-order valence-corrected chi connectivity index (χ4v) is 3.73. The molecule has 1 rings (SSSR count). The summed E-state index contributed by atoms with van der Waals surface area (Å²) in [6, 6.07) is 0.714. The molecule has 96 valence electrons. The maximum Gasteiger partial charge on any atom is 0.0438 e. The minimum atomic E-state index is 0.340. The monoisotopic (exact) mass is 245 g/mol. The average Bonchev–Trinajstić information content (AvgIpc) is 2.52. The van der Waals surface area contributed by atoms with Gasteiger partial charge in [0.05, 0.1) is 0 Å². The SMILES string of the molecule is CCCNC1CCCCCC1SCCCO. The highest BCUT2D eigenvalue weighted by molar-refractivity contribution is 7.99. The summed E-state index contributed by atoms with van der Waals surface area (Å²) < 4.78 is 0. The molecule has 1 fully saturated rings. The third-order valence-electron chi connectivity index (χ3n) is 3.24. The number of hydrogen-bond acceptors (Lipinski definition) is 3. The van der Waals surface area contributed by atoms with E-state index in [0.717, 1.165) is 24.0 Å². The predicted molar refractivity (Wildman–Crippen MR) is 73.1 cm³/mol. The summed E-state index contributed by atoms with van der Waals surface area (Å²) >= 11 is 2.07. The molecule has 0 aromatic carbocycles. The maximum atomic E-state index is 8.83. The van der Waals surface area contributed by atoms with Crippen molar-refractivity contribution in [3.8, 4) is 0 Å². The first-order valence-electron chi connectivity index (χ1n) is 6.84. The second-order valence-electron chi connectivity index (χ2n) is 4.69. The molecule has 1 saturated carbocycles. The van der Waals surface area contributed by atoms with E-state index >= 15 is 0 Å². The van der Waals surface area contributed by atoms with Gasteiger partial charge in [0.1, 0.15) is 0 Å². The van der Waals surface area contributed by atoms with Gasteiger partial charge in [-0.25, -0.2) is 0 Å². The van der Waals surface area contributed by atoms with Crippen molar-refractivity contribution in [2.24, 2.45) is 0 Å². The number of hydrogen-bond donors (Lipinski definition) is 2. The van der Waals surface area contributed by atoms with E-state index in [2.05, 4.69) is 24.0 Å². The summed E-state index contributed by atoms with van der Waals surface area (Å²) in [6.07, 6.45) is 9.06. The van der Waals surface area contributed by atoms with Crippen LogP contribution in [0.4, 0.5) is 0 Å². The Labute approximate surface area is 105 Å². The van der Waals surface area contributed by atoms with Gasteiger partial charge in [0.2, 0.25) is 0 Å². The smallest absolute Gasteiger partial charge is 0.0438 e. The Morgan fingerprint density at radius 1 is 1.25 bits per heavy atom. The van der Waals surface area contributed by atoms with Gasteiger partial charge in [-0.3, -0.25) is 0 Å². The lowest BCUT2D eigenvalue weighted by Crippen LogP contribution is -2.38. The highest BCUT2D eigenvalue weighted by Gasteiger charge is 2.22. The molecule has 0 aliphatic heterocycles. The van der Waals surface area contributed by atoms with Crippen LogP contribution in [0.3, 0.4) is 0 Å². The van der Waals surface area contributed by atoms with E-state index in [-0.39, 0.29) is 0 Å². The topological polar surface area (TPSA) is 32.3 Å². The summed E-state index contributed by atoms with van der Waals surface area (Å²) in [4.78, 5) is 0. The summed E-state index contributed by atoms with van der Waals surface area (Å²) in [5.41, 5.74) is 0. The Bertz CT molecular complexity index is 166. The Morgan fingerprint density at radius 2 is 2.06 bits per heavy atom. The van der Waals surface area contributed by atoms with Gasteiger partial charge in [0.25, 0.3) is 0 Å². The highest BCUT2D eigenvalue weighted by atomic mass is 32.2. The zero-order chi connectivity index (χ0) is 11.6. The standard InChI is InChI=1S/C13H27NOS/c1-2-9-14-12-7-4-3-5-8-13(12)16-11-6-10-15/h12-15H,2-11H2,1H3. The van der Waals surface area contributed by atoms with E-state index in [1.165, 1.54) is 38.5 Å². The van der Waals surface area contributed by atoms with Gasteiger partial charge in [-0.2, -0.15) is 11.8 Å². The van der Waals surface area contributed by atoms with Crippen LogP contribution in [0.5, 0.6) is 0 Å². The molecule has 0 amide bonds. The molecule has 2 atom stereocenters. The Kier molecular flexibility index (Phi) is 8.34. The molecular weight excluding hydrogens is 218 g/mol. The first-order chi connectivity index (χ1) is 7.88. The largest absolute Gasteiger partial charge is 0.396 e. The lowest BCUT2D eigenvalue weighted by Gasteiger charge is -2.25. The third kappa shape index (κ3) is 5.55. The van der Waals surface area contributed by atoms with Gasteiger partial charge in [0.15, 0.2) is 0 Å². The minimum absolute atomic E-state index is 0.340. The average molecular weight is 245 g/mol. The van der Waals surface area contributed by atoms with Crippen LogP contribution < -0.4 is 5.32 Å². The lowest BCUT2D eigenvalue weighted by atomic mass is 10.1. The Morgan fingerprint density at radius 3 is 2.81 bits per heavy atom. The molecule has 0 bridgehead atoms. The molecule has 2 nitrogen and oxygen atoms in total. The van der Waals surface area contributed by atoms with Crippen LogP contribution in [0.15, 0.2) is 0 Å². The van der Waals surface area contributed by atoms with Gasteiger partial charge in [0, 0.05) is 17.9 Å². The van der Waals surface area contributed by atoms with E-state index in [0.29, 0.717) is 12.6 Å². The molecule has 2 N–H and O–H groups in total. The third-order valence-corrected chi connectivity index (χ3v) is 4.76. The van der Waals surface area contributed by atoms with Crippen LogP contribution in [0, 0.1) is 0 Å². The van der Waals surface area contributed by atoms with E-state index in [4.69, 9.17) is 5.11 Å². The van der Waals surface area contributed by atoms with Crippen LogP contribution in [0.2, 0.25) is 0 Å². The van der Waals surface area contributed by atoms with Crippen molar-refractivity contribution < 1.29 is 5.11 Å². The van der Waals surface area contributed by atoms with Gasteiger partial charge in [-0.05, 0) is 38.0 Å². The van der Waals surface area contributed by atoms with E-state index in [1.807, 2.05) is 0 Å². The number of nitrogens with one attached hydrogen (secondary N) is 1. The van der Waals surface area contributed by atoms with Crippen LogP contribution in [0.1, 0.15) is 51.9 Å². The normalized spacial score (nSPS) is 26.6. The molecule has 0 heterocycles. The molecule has 0 radical (unpaired) electrons. The molecule has 1 aliphatic carbocycles. The van der Waals surface area contributed by atoms with Crippen molar-refractivity contribution >= 4 is 11.8 Å². The van der Waals surface area contributed by atoms with Crippen LogP contribution in [-0.2, 0) is 0 Å². The molecule has 0 aromatic heterocycles. The van der Waals surface area contributed by atoms with Crippen LogP contribution in [-0.4, -0.2) is 35.3 Å². The predicted octanol–water partition coefficient (Wildman–Crippen LogP) is 2.80. The Hall–Kier alpha value is 0.270. The number of thioether (sulfide) groups is 1. The second-order valence-corrected chi connectivity index (χ2v) is 6.03. The number of rotatable bonds is 7. The molecule has 16 heavy (non-hydrogen) atoms. The molecule has 0 saturated heterocycles. The van der Waals surface area contributed by atoms with Crippen LogP contribution >= 0.6 is 11.8 Å². The van der Waals surface area contributed by atoms with Gasteiger partial charge in [-0.1, -0.05) is 26.2 Å². The van der Waals surface area contributed by atoms with Crippen molar-refractivity contribution in [2.45, 2.75) is 63.2 Å². The van der Waals surface area contributed by atoms with E-state index in [1.54, 1.807) is 0 Å². The molecule has 1 aliphatic rings. The van der Waals surface area contributed by atoms with E-state index in [9.17, 15) is 0 Å². The number of aliphatic hydroxyl groups excluding tert-OH is 1. The van der Waals surface area contributed by atoms with Crippen molar-refractivity contribution in [3.63, 3.8) is 0 Å². The van der Waals surface area contributed by atoms with E-state index < -0.39 is 0 Å². The van der Waals surface area contributed by atoms with Crippen LogP contribution in [0.25, 0.3) is 0 Å². The minimum Gasteiger partial charge on any atom is -0.396 e. The lowest BCUT2D eigenvalue weighted by molar-refractivity contribution is 0.296. The zero-order valence-electron chi connectivity index (χ0n) is 10.6.